The van der Waals surface area contributed by atoms with E-state index >= 15 is 0 Å². The summed E-state index contributed by atoms with van der Waals surface area (Å²) in [7, 11) is 1.82. The Morgan fingerprint density at radius 3 is 2.86 bits per heavy atom. The third kappa shape index (κ3) is 2.78. The van der Waals surface area contributed by atoms with Gasteiger partial charge in [0.2, 0.25) is 0 Å². The van der Waals surface area contributed by atoms with Crippen molar-refractivity contribution in [2.24, 2.45) is 0 Å². The lowest BCUT2D eigenvalue weighted by Crippen LogP contribution is -2.03. The number of rotatable bonds is 4. The number of hydrogen-bond donors (Lipinski definition) is 1. The van der Waals surface area contributed by atoms with E-state index in [1.54, 1.807) is 18.2 Å². The van der Waals surface area contributed by atoms with Gasteiger partial charge in [0.15, 0.2) is 0 Å². The van der Waals surface area contributed by atoms with E-state index in [2.05, 4.69) is 5.32 Å². The molecule has 0 aliphatic rings. The highest BCUT2D eigenvalue weighted by Gasteiger charge is 1.99. The molecule has 14 heavy (non-hydrogen) atoms. The van der Waals surface area contributed by atoms with E-state index in [4.69, 9.17) is 0 Å². The minimum absolute atomic E-state index is 0.355. The average Bonchev–Trinajstić information content (AvgIpc) is 2.20. The zero-order valence-corrected chi connectivity index (χ0v) is 7.96. The highest BCUT2D eigenvalue weighted by atomic mass is 19.1. The van der Waals surface area contributed by atoms with Crippen molar-refractivity contribution in [1.82, 2.24) is 5.32 Å². The van der Waals surface area contributed by atoms with Gasteiger partial charge < -0.3 is 5.32 Å². The fourth-order valence-electron chi connectivity index (χ4n) is 1.06. The Bertz CT molecular complexity index is 347. The number of carbonyl (C=O) groups is 1. The number of benzene rings is 1. The minimum Gasteiger partial charge on any atom is -0.316 e. The molecule has 0 atom stereocenters. The third-order valence-electron chi connectivity index (χ3n) is 1.78. The summed E-state index contributed by atoms with van der Waals surface area (Å²) in [6, 6.07) is 4.41. The standard InChI is InChI=1S/C11H12FNO/c1-13-6-2-3-10-5-4-9(8-14)7-11(10)12/h2-5,7-8,13H,6H2,1H3. The maximum Gasteiger partial charge on any atom is 0.150 e. The van der Waals surface area contributed by atoms with Crippen LogP contribution in [0.1, 0.15) is 15.9 Å². The van der Waals surface area contributed by atoms with Gasteiger partial charge in [0.05, 0.1) is 0 Å². The summed E-state index contributed by atoms with van der Waals surface area (Å²) in [6.45, 7) is 0.689. The van der Waals surface area contributed by atoms with Crippen molar-refractivity contribution in [2.75, 3.05) is 13.6 Å². The predicted octanol–water partition coefficient (Wildman–Crippen LogP) is 1.87. The van der Waals surface area contributed by atoms with Gasteiger partial charge in [0.1, 0.15) is 12.1 Å². The molecule has 0 radical (unpaired) electrons. The van der Waals surface area contributed by atoms with Gasteiger partial charge in [-0.05, 0) is 13.1 Å². The predicted molar refractivity (Wildman–Crippen MR) is 54.7 cm³/mol. The molecule has 0 saturated heterocycles. The van der Waals surface area contributed by atoms with Crippen molar-refractivity contribution in [2.45, 2.75) is 0 Å². The van der Waals surface area contributed by atoms with Gasteiger partial charge in [0.25, 0.3) is 0 Å². The molecular formula is C11H12FNO. The Labute approximate surface area is 82.4 Å². The van der Waals surface area contributed by atoms with E-state index in [0.29, 0.717) is 24.0 Å². The summed E-state index contributed by atoms with van der Waals surface area (Å²) < 4.78 is 13.2. The molecule has 1 aromatic carbocycles. The summed E-state index contributed by atoms with van der Waals surface area (Å²) in [5.74, 6) is -0.373. The Morgan fingerprint density at radius 2 is 2.29 bits per heavy atom. The van der Waals surface area contributed by atoms with E-state index in [1.807, 2.05) is 13.1 Å². The first-order chi connectivity index (χ1) is 6.77. The lowest BCUT2D eigenvalue weighted by molar-refractivity contribution is 0.112. The van der Waals surface area contributed by atoms with Crippen LogP contribution in [0.4, 0.5) is 4.39 Å². The third-order valence-corrected chi connectivity index (χ3v) is 1.78. The zero-order valence-electron chi connectivity index (χ0n) is 7.96. The average molecular weight is 193 g/mol. The summed E-state index contributed by atoms with van der Waals surface area (Å²) in [6.07, 6.45) is 4.13. The first-order valence-corrected chi connectivity index (χ1v) is 4.34. The van der Waals surface area contributed by atoms with Gasteiger partial charge >= 0.3 is 0 Å². The molecule has 0 aliphatic carbocycles. The van der Waals surface area contributed by atoms with E-state index < -0.39 is 0 Å². The molecule has 0 saturated carbocycles. The number of likely N-dealkylation sites (N-methyl/N-ethyl adjacent to an activating group) is 1. The summed E-state index contributed by atoms with van der Waals surface area (Å²) in [4.78, 5) is 10.3. The van der Waals surface area contributed by atoms with Crippen LogP contribution in [0.5, 0.6) is 0 Å². The maximum absolute atomic E-state index is 13.2. The van der Waals surface area contributed by atoms with E-state index in [0.717, 1.165) is 0 Å². The molecule has 2 nitrogen and oxygen atoms in total. The van der Waals surface area contributed by atoms with E-state index in [9.17, 15) is 9.18 Å². The van der Waals surface area contributed by atoms with Gasteiger partial charge in [-0.2, -0.15) is 0 Å². The largest absolute Gasteiger partial charge is 0.316 e. The number of halogens is 1. The minimum atomic E-state index is -0.373. The molecule has 1 aromatic rings. The monoisotopic (exact) mass is 193 g/mol. The molecule has 0 amide bonds. The number of aldehydes is 1. The SMILES string of the molecule is CNCC=Cc1ccc(C=O)cc1F. The number of carbonyl (C=O) groups excluding carboxylic acids is 1. The van der Waals surface area contributed by atoms with Gasteiger partial charge in [-0.25, -0.2) is 4.39 Å². The van der Waals surface area contributed by atoms with Crippen LogP contribution in [0.25, 0.3) is 6.08 Å². The Balaban J connectivity index is 2.83. The van der Waals surface area contributed by atoms with Gasteiger partial charge in [-0.15, -0.1) is 0 Å². The van der Waals surface area contributed by atoms with Crippen molar-refractivity contribution in [3.8, 4) is 0 Å². The fraction of sp³-hybridized carbons (Fsp3) is 0.182. The summed E-state index contributed by atoms with van der Waals surface area (Å²) >= 11 is 0. The molecule has 0 fully saturated rings. The number of hydrogen-bond acceptors (Lipinski definition) is 2. The topological polar surface area (TPSA) is 29.1 Å². The molecule has 0 heterocycles. The van der Waals surface area contributed by atoms with Crippen LogP contribution in [0, 0.1) is 5.82 Å². The molecular weight excluding hydrogens is 181 g/mol. The second-order valence-electron chi connectivity index (χ2n) is 2.86. The molecule has 74 valence electrons. The molecule has 1 N–H and O–H groups in total. The molecule has 0 aliphatic heterocycles. The second kappa shape index (κ2) is 5.29. The lowest BCUT2D eigenvalue weighted by Gasteiger charge is -1.97. The lowest BCUT2D eigenvalue weighted by atomic mass is 10.1. The second-order valence-corrected chi connectivity index (χ2v) is 2.86. The first kappa shape index (κ1) is 10.6. The van der Waals surface area contributed by atoms with E-state index in [1.165, 1.54) is 6.07 Å². The van der Waals surface area contributed by atoms with Crippen LogP contribution in [-0.2, 0) is 0 Å². The highest BCUT2D eigenvalue weighted by Crippen LogP contribution is 2.10. The summed E-state index contributed by atoms with van der Waals surface area (Å²) in [5, 5.41) is 2.91. The van der Waals surface area contributed by atoms with Gasteiger partial charge in [-0.1, -0.05) is 24.3 Å². The Morgan fingerprint density at radius 1 is 1.50 bits per heavy atom. The molecule has 1 rings (SSSR count). The van der Waals surface area contributed by atoms with Crippen LogP contribution in [-0.4, -0.2) is 19.9 Å². The molecule has 0 aromatic heterocycles. The Kier molecular flexibility index (Phi) is 4.01. The molecule has 0 unspecified atom stereocenters. The van der Waals surface area contributed by atoms with E-state index in [-0.39, 0.29) is 5.82 Å². The Hall–Kier alpha value is -1.48. The van der Waals surface area contributed by atoms with Crippen LogP contribution in [0.2, 0.25) is 0 Å². The van der Waals surface area contributed by atoms with Gasteiger partial charge in [-0.3, -0.25) is 4.79 Å². The van der Waals surface area contributed by atoms with Crippen molar-refractivity contribution in [1.29, 1.82) is 0 Å². The fourth-order valence-corrected chi connectivity index (χ4v) is 1.06. The molecule has 3 heteroatoms. The van der Waals surface area contributed by atoms with Gasteiger partial charge in [0, 0.05) is 17.7 Å². The van der Waals surface area contributed by atoms with Crippen molar-refractivity contribution in [3.05, 3.63) is 41.2 Å². The quantitative estimate of drug-likeness (QED) is 0.739. The highest BCUT2D eigenvalue weighted by molar-refractivity contribution is 5.75. The van der Waals surface area contributed by atoms with Crippen molar-refractivity contribution < 1.29 is 9.18 Å². The number of nitrogens with one attached hydrogen (secondary N) is 1. The first-order valence-electron chi connectivity index (χ1n) is 4.34. The van der Waals surface area contributed by atoms with Crippen LogP contribution in [0.15, 0.2) is 24.3 Å². The molecule has 0 spiro atoms. The normalized spacial score (nSPS) is 10.7. The van der Waals surface area contributed by atoms with Crippen molar-refractivity contribution >= 4 is 12.4 Å². The smallest absolute Gasteiger partial charge is 0.150 e. The van der Waals surface area contributed by atoms with Crippen molar-refractivity contribution in [3.63, 3.8) is 0 Å². The zero-order chi connectivity index (χ0) is 10.4. The summed E-state index contributed by atoms with van der Waals surface area (Å²) in [5.41, 5.74) is 0.846. The van der Waals surface area contributed by atoms with Crippen LogP contribution >= 0.6 is 0 Å². The van der Waals surface area contributed by atoms with Crippen LogP contribution < -0.4 is 5.32 Å². The van der Waals surface area contributed by atoms with Crippen LogP contribution in [0.3, 0.4) is 0 Å². The molecule has 0 bridgehead atoms. The maximum atomic E-state index is 13.2.